The fourth-order valence-corrected chi connectivity index (χ4v) is 31.1. The van der Waals surface area contributed by atoms with Gasteiger partial charge in [0.15, 0.2) is 0 Å². The summed E-state index contributed by atoms with van der Waals surface area (Å²) in [5.74, 6) is 0.151. The van der Waals surface area contributed by atoms with Gasteiger partial charge in [-0.25, -0.2) is 0 Å². The number of rotatable bonds is 27. The molecule has 19 aromatic rings. The van der Waals surface area contributed by atoms with Crippen molar-refractivity contribution in [3.8, 4) is 79.8 Å². The number of fused-ring (bicyclic) bond motifs is 1. The molecule has 0 saturated carbocycles. The predicted molar refractivity (Wildman–Crippen MR) is 607 cm³/mol. The second-order valence-corrected chi connectivity index (χ2v) is 48.7. The van der Waals surface area contributed by atoms with Gasteiger partial charge in [0, 0.05) is 109 Å². The number of alkyl halides is 2. The Hall–Kier alpha value is -7.82. The minimum atomic E-state index is -1.13. The van der Waals surface area contributed by atoms with Crippen LogP contribution in [0, 0.1) is 12.3 Å². The maximum absolute atomic E-state index is 11.4. The Morgan fingerprint density at radius 3 is 1.07 bits per heavy atom. The van der Waals surface area contributed by atoms with Crippen molar-refractivity contribution in [2.24, 2.45) is 5.41 Å². The number of benzene rings is 5. The molecule has 0 aliphatic heterocycles. The van der Waals surface area contributed by atoms with Gasteiger partial charge in [0.2, 0.25) is 0 Å². The van der Waals surface area contributed by atoms with Crippen LogP contribution in [0.1, 0.15) is 148 Å². The van der Waals surface area contributed by atoms with Gasteiger partial charge in [0.05, 0.1) is 50.9 Å². The first kappa shape index (κ1) is 106. The van der Waals surface area contributed by atoms with Gasteiger partial charge in [-0.3, -0.25) is 0 Å². The summed E-state index contributed by atoms with van der Waals surface area (Å²) in [5, 5.41) is 128. The third-order valence-electron chi connectivity index (χ3n) is 24.2. The summed E-state index contributed by atoms with van der Waals surface area (Å²) in [5.41, 5.74) is 5.45. The molecule has 9 N–H and O–H groups in total. The zero-order valence-corrected chi connectivity index (χ0v) is 92.2. The molecule has 14 heterocycles. The number of aryl methyl sites for hydroxylation is 1. The van der Waals surface area contributed by atoms with Crippen LogP contribution in [-0.4, -0.2) is 56.6 Å². The van der Waals surface area contributed by atoms with E-state index >= 15 is 0 Å². The first-order valence-corrected chi connectivity index (χ1v) is 59.1. The van der Waals surface area contributed by atoms with Gasteiger partial charge in [-0.15, -0.1) is 159 Å². The van der Waals surface area contributed by atoms with Crippen LogP contribution >= 0.6 is 191 Å². The van der Waals surface area contributed by atoms with E-state index in [4.69, 9.17) is 0 Å². The molecule has 0 saturated heterocycles. The average Bonchev–Trinajstić information content (AvgIpc) is 1.53. The number of hydrogen-bond acceptors (Lipinski definition) is 23. The minimum Gasteiger partial charge on any atom is -0.508 e. The number of aromatic hydroxyl groups is 2. The zero-order chi connectivity index (χ0) is 97.8. The molecule has 9 nitrogen and oxygen atoms in total. The SMILES string of the molecule is C=CC(O)(CC)c1ccsc1-c1cccs1.CC(C)(C)C(O)(CBr)c1ccsc1-c1cccs1.CC(O)(Cc1cc(O)ccc1O)c1ccsc1-c1cccs1.CC(O)(c1ccsc1-c1cccs1)c1cccc2ccccc12.CCC(O)(CBr)c1ccsc1-c1cccs1.CCC(O)(Cc1ccccc1)c1ccsc1-c1cccs1.Cc1ccccc1CC(C)(O)c1ccsc1-c1cccs1. The van der Waals surface area contributed by atoms with Crippen LogP contribution < -0.4 is 0 Å². The highest BCUT2D eigenvalue weighted by atomic mass is 79.9. The van der Waals surface area contributed by atoms with Crippen molar-refractivity contribution in [2.75, 3.05) is 10.7 Å². The van der Waals surface area contributed by atoms with E-state index in [1.165, 1.54) is 83.7 Å². The fourth-order valence-electron chi connectivity index (χ4n) is 16.1. The molecule has 137 heavy (non-hydrogen) atoms. The maximum Gasteiger partial charge on any atom is 0.119 e. The normalized spacial score (nSPS) is 14.4. The van der Waals surface area contributed by atoms with Crippen molar-refractivity contribution in [2.45, 2.75) is 147 Å². The van der Waals surface area contributed by atoms with E-state index in [9.17, 15) is 46.0 Å². The molecular formula is C112H112Br2O9S14. The van der Waals surface area contributed by atoms with Gasteiger partial charge in [0.1, 0.15) is 33.9 Å². The van der Waals surface area contributed by atoms with Crippen molar-refractivity contribution in [3.05, 3.63) is 397 Å². The molecule has 5 aromatic carbocycles. The molecule has 7 atom stereocenters. The fraction of sp³-hybridized carbons (Fsp3) is 0.232. The predicted octanol–water partition coefficient (Wildman–Crippen LogP) is 34.6. The van der Waals surface area contributed by atoms with Gasteiger partial charge < -0.3 is 46.0 Å². The van der Waals surface area contributed by atoms with E-state index in [-0.39, 0.29) is 23.3 Å². The zero-order valence-electron chi connectivity index (χ0n) is 77.6. The van der Waals surface area contributed by atoms with Crippen LogP contribution in [0.15, 0.2) is 331 Å². The number of hydrogen-bond donors (Lipinski definition) is 9. The van der Waals surface area contributed by atoms with Gasteiger partial charge >= 0.3 is 0 Å². The molecular weight excluding hydrogens is 2100 g/mol. The van der Waals surface area contributed by atoms with E-state index in [1.54, 1.807) is 172 Å². The lowest BCUT2D eigenvalue weighted by molar-refractivity contribution is -0.0403. The van der Waals surface area contributed by atoms with Crippen LogP contribution in [0.25, 0.3) is 79.1 Å². The van der Waals surface area contributed by atoms with E-state index in [1.807, 2.05) is 164 Å². The monoisotopic (exact) mass is 2210 g/mol. The largest absolute Gasteiger partial charge is 0.508 e. The first-order valence-electron chi connectivity index (χ1n) is 44.5. The second-order valence-electron chi connectivity index (χ2n) is 34.5. The summed E-state index contributed by atoms with van der Waals surface area (Å²) in [7, 11) is 0. The molecule has 0 fully saturated rings. The number of aliphatic hydroxyl groups is 7. The van der Waals surface area contributed by atoms with Crippen LogP contribution in [0.2, 0.25) is 0 Å². The summed E-state index contributed by atoms with van der Waals surface area (Å²) >= 11 is 30.6. The van der Waals surface area contributed by atoms with Crippen LogP contribution in [0.3, 0.4) is 0 Å². The molecule has 19 rings (SSSR count). The molecule has 14 aromatic heterocycles. The van der Waals surface area contributed by atoms with E-state index in [2.05, 4.69) is 236 Å². The molecule has 0 aliphatic carbocycles. The molecule has 0 aliphatic rings. The molecule has 0 amide bonds. The third kappa shape index (κ3) is 25.6. The molecule has 0 spiro atoms. The van der Waals surface area contributed by atoms with Crippen molar-refractivity contribution >= 4 is 201 Å². The summed E-state index contributed by atoms with van der Waals surface area (Å²) in [4.78, 5) is 16.6. The van der Waals surface area contributed by atoms with E-state index in [0.29, 0.717) is 48.3 Å². The molecule has 0 radical (unpaired) electrons. The highest BCUT2D eigenvalue weighted by Crippen LogP contribution is 2.51. The standard InChI is InChI=1S/C20H16OS2.2C18H18OS2.C17H16O3S2.C14H17BrOS2.C13H14OS2.C12H13BrOS2/c1-20(21,16-9-4-7-14-6-2-3-8-15(14)16)17-11-13-23-19(17)18-10-5-12-22-18;1-13-6-3-4-7-14(13)12-18(2,19)15-9-11-21-17(15)16-8-5-10-20-16;1-2-18(19,13-14-7-4-3-5-8-14)15-10-12-21-17(15)16-9-6-11-20-16;1-17(20,10-11-9-12(18)4-5-14(11)19)13-6-8-22-16(13)15-3-2-7-21-15;1-13(2,3)14(16,9-15)10-6-8-18-12(10)11-5-4-7-17-11;1-3-13(14,4-2)10-7-9-16-12(10)11-6-5-8-15-11;1-2-12(14,8-13)9-5-7-16-11(9)10-4-3-6-15-10/h2-13,21H,1H3;3-11,19H,12H2,1-2H3;3-12,19H,2,13H2,1H3;2-9,18-20H,10H2,1H3;4-8,16H,9H2,1-3H3;3,5-9,14H,1,4H2,2H3;3-7,14H,2,8H2,1H3. The highest BCUT2D eigenvalue weighted by Gasteiger charge is 2.44. The Labute approximate surface area is 877 Å². The lowest BCUT2D eigenvalue weighted by atomic mass is 9.73. The lowest BCUT2D eigenvalue weighted by Gasteiger charge is -2.39. The van der Waals surface area contributed by atoms with Crippen LogP contribution in [0.5, 0.6) is 11.5 Å². The third-order valence-corrected chi connectivity index (χ3v) is 39.7. The average molecular weight is 2210 g/mol. The molecule has 25 heteroatoms. The van der Waals surface area contributed by atoms with Crippen LogP contribution in [-0.2, 0) is 58.5 Å². The number of phenolic OH excluding ortho intramolecular Hbond substituents is 2. The summed E-state index contributed by atoms with van der Waals surface area (Å²) in [6.45, 7) is 23.6. The second kappa shape index (κ2) is 48.3. The van der Waals surface area contributed by atoms with Crippen molar-refractivity contribution in [3.63, 3.8) is 0 Å². The van der Waals surface area contributed by atoms with Gasteiger partial charge in [-0.05, 0) is 264 Å². The Morgan fingerprint density at radius 2 is 0.664 bits per heavy atom. The Bertz CT molecular complexity index is 6830. The smallest absolute Gasteiger partial charge is 0.119 e. The summed E-state index contributed by atoms with van der Waals surface area (Å²) < 4.78 is 0. The minimum absolute atomic E-state index is 0.0750. The summed E-state index contributed by atoms with van der Waals surface area (Å²) in [6, 6.07) is 80.3. The Kier molecular flexibility index (Phi) is 37.5. The van der Waals surface area contributed by atoms with Crippen molar-refractivity contribution < 1.29 is 46.0 Å². The molecule has 0 bridgehead atoms. The highest BCUT2D eigenvalue weighted by molar-refractivity contribution is 9.09. The number of halogens is 2. The van der Waals surface area contributed by atoms with Crippen molar-refractivity contribution in [1.82, 2.24) is 0 Å². The van der Waals surface area contributed by atoms with Gasteiger partial charge in [-0.2, -0.15) is 0 Å². The Balaban J connectivity index is 0.000000136. The van der Waals surface area contributed by atoms with Crippen LogP contribution in [0.4, 0.5) is 0 Å². The maximum atomic E-state index is 11.4. The molecule has 712 valence electrons. The van der Waals surface area contributed by atoms with E-state index < -0.39 is 39.2 Å². The first-order chi connectivity index (χ1) is 65.8. The number of thiophene rings is 14. The number of phenols is 2. The van der Waals surface area contributed by atoms with E-state index in [0.717, 1.165) is 74.8 Å². The quantitative estimate of drug-likeness (QED) is 0.0137. The summed E-state index contributed by atoms with van der Waals surface area (Å²) in [6.07, 6.45) is 5.21. The topological polar surface area (TPSA) is 182 Å². The van der Waals surface area contributed by atoms with Gasteiger partial charge in [-0.1, -0.05) is 226 Å². The Morgan fingerprint density at radius 1 is 0.307 bits per heavy atom. The van der Waals surface area contributed by atoms with Crippen molar-refractivity contribution in [1.29, 1.82) is 0 Å². The van der Waals surface area contributed by atoms with Gasteiger partial charge in [0.25, 0.3) is 0 Å². The molecule has 7 unspecified atom stereocenters. The lowest BCUT2D eigenvalue weighted by Crippen LogP contribution is -2.41.